The number of methoxy groups -OCH3 is 2. The zero-order valence-electron chi connectivity index (χ0n) is 7.14. The Morgan fingerprint density at radius 2 is 1.92 bits per heavy atom. The molecule has 0 bridgehead atoms. The van der Waals surface area contributed by atoms with Crippen molar-refractivity contribution in [2.75, 3.05) is 20.8 Å². The van der Waals surface area contributed by atoms with Crippen molar-refractivity contribution >= 4 is 0 Å². The summed E-state index contributed by atoms with van der Waals surface area (Å²) in [6, 6.07) is 0. The van der Waals surface area contributed by atoms with Gasteiger partial charge in [0.1, 0.15) is 18.3 Å². The van der Waals surface area contributed by atoms with Crippen molar-refractivity contribution in [2.45, 2.75) is 24.6 Å². The van der Waals surface area contributed by atoms with Gasteiger partial charge in [-0.15, -0.1) is 0 Å². The quantitative estimate of drug-likeness (QED) is 0.527. The summed E-state index contributed by atoms with van der Waals surface area (Å²) in [5.74, 6) is 0. The van der Waals surface area contributed by atoms with Crippen molar-refractivity contribution in [1.82, 2.24) is 0 Å². The van der Waals surface area contributed by atoms with Gasteiger partial charge in [0.15, 0.2) is 6.29 Å². The SMILES string of the molecule is COC(OC)[C@@H]1OC[C@@H](O)[C@@H]1O. The summed E-state index contributed by atoms with van der Waals surface area (Å²) < 4.78 is 14.8. The fraction of sp³-hybridized carbons (Fsp3) is 1.00. The molecule has 12 heavy (non-hydrogen) atoms. The van der Waals surface area contributed by atoms with Crippen molar-refractivity contribution in [1.29, 1.82) is 0 Å². The third-order valence-electron chi connectivity index (χ3n) is 1.92. The summed E-state index contributed by atoms with van der Waals surface area (Å²) in [5, 5.41) is 18.5. The molecule has 72 valence electrons. The Morgan fingerprint density at radius 1 is 1.33 bits per heavy atom. The molecule has 0 spiro atoms. The van der Waals surface area contributed by atoms with E-state index in [1.807, 2.05) is 0 Å². The summed E-state index contributed by atoms with van der Waals surface area (Å²) in [6.45, 7) is 0.120. The highest BCUT2D eigenvalue weighted by Crippen LogP contribution is 2.19. The van der Waals surface area contributed by atoms with Crippen molar-refractivity contribution in [2.24, 2.45) is 0 Å². The minimum Gasteiger partial charge on any atom is -0.388 e. The molecule has 0 unspecified atom stereocenters. The molecule has 0 aliphatic carbocycles. The molecular formula is C7H14O5. The number of aliphatic hydroxyl groups is 2. The largest absolute Gasteiger partial charge is 0.388 e. The fourth-order valence-corrected chi connectivity index (χ4v) is 1.23. The first kappa shape index (κ1) is 9.88. The van der Waals surface area contributed by atoms with Crippen molar-refractivity contribution in [3.63, 3.8) is 0 Å². The van der Waals surface area contributed by atoms with Crippen molar-refractivity contribution < 1.29 is 24.4 Å². The summed E-state index contributed by atoms with van der Waals surface area (Å²) in [6.07, 6.45) is -3.01. The minimum absolute atomic E-state index is 0.120. The van der Waals surface area contributed by atoms with E-state index in [9.17, 15) is 5.11 Å². The Bertz CT molecular complexity index is 136. The van der Waals surface area contributed by atoms with Crippen LogP contribution in [0, 0.1) is 0 Å². The maximum absolute atomic E-state index is 9.36. The van der Waals surface area contributed by atoms with Crippen molar-refractivity contribution in [3.8, 4) is 0 Å². The van der Waals surface area contributed by atoms with Crippen LogP contribution in [0.2, 0.25) is 0 Å². The Morgan fingerprint density at radius 3 is 2.25 bits per heavy atom. The van der Waals surface area contributed by atoms with Gasteiger partial charge in [0.05, 0.1) is 6.61 Å². The zero-order valence-corrected chi connectivity index (χ0v) is 7.14. The van der Waals surface area contributed by atoms with E-state index >= 15 is 0 Å². The van der Waals surface area contributed by atoms with E-state index in [2.05, 4.69) is 0 Å². The molecule has 1 aliphatic rings. The molecule has 1 saturated heterocycles. The Labute approximate surface area is 70.9 Å². The van der Waals surface area contributed by atoms with Gasteiger partial charge in [0.2, 0.25) is 0 Å². The molecule has 3 atom stereocenters. The van der Waals surface area contributed by atoms with Crippen LogP contribution in [0.3, 0.4) is 0 Å². The highest BCUT2D eigenvalue weighted by Gasteiger charge is 2.40. The average molecular weight is 178 g/mol. The summed E-state index contributed by atoms with van der Waals surface area (Å²) in [7, 11) is 2.91. The molecule has 0 aromatic heterocycles. The second-order valence-corrected chi connectivity index (χ2v) is 2.70. The van der Waals surface area contributed by atoms with Gasteiger partial charge in [0, 0.05) is 14.2 Å². The summed E-state index contributed by atoms with van der Waals surface area (Å²) >= 11 is 0. The molecule has 1 fully saturated rings. The molecule has 0 amide bonds. The van der Waals surface area contributed by atoms with Gasteiger partial charge in [-0.25, -0.2) is 0 Å². The first-order valence-corrected chi connectivity index (χ1v) is 3.74. The predicted molar refractivity (Wildman–Crippen MR) is 39.6 cm³/mol. The summed E-state index contributed by atoms with van der Waals surface area (Å²) in [5.41, 5.74) is 0. The van der Waals surface area contributed by atoms with Crippen LogP contribution < -0.4 is 0 Å². The van der Waals surface area contributed by atoms with E-state index in [4.69, 9.17) is 19.3 Å². The van der Waals surface area contributed by atoms with Gasteiger partial charge in [-0.3, -0.25) is 0 Å². The second kappa shape index (κ2) is 4.15. The minimum atomic E-state index is -0.935. The van der Waals surface area contributed by atoms with E-state index in [0.717, 1.165) is 0 Å². The van der Waals surface area contributed by atoms with Gasteiger partial charge >= 0.3 is 0 Å². The Hall–Kier alpha value is -0.200. The van der Waals surface area contributed by atoms with Crippen LogP contribution in [-0.4, -0.2) is 55.6 Å². The lowest BCUT2D eigenvalue weighted by molar-refractivity contribution is -0.185. The van der Waals surface area contributed by atoms with E-state index in [0.29, 0.717) is 0 Å². The maximum atomic E-state index is 9.36. The molecule has 1 rings (SSSR count). The molecule has 0 saturated carbocycles. The third-order valence-corrected chi connectivity index (χ3v) is 1.92. The van der Waals surface area contributed by atoms with E-state index < -0.39 is 24.6 Å². The molecule has 5 heteroatoms. The zero-order chi connectivity index (χ0) is 9.14. The number of hydrogen-bond donors (Lipinski definition) is 2. The average Bonchev–Trinajstić information content (AvgIpc) is 2.38. The standard InChI is InChI=1S/C7H14O5/c1-10-7(11-2)6-5(9)4(8)3-12-6/h4-9H,3H2,1-2H3/t4-,5+,6-/m1/s1. The Balaban J connectivity index is 2.51. The topological polar surface area (TPSA) is 68.2 Å². The Kier molecular flexibility index (Phi) is 3.42. The highest BCUT2D eigenvalue weighted by molar-refractivity contribution is 4.85. The van der Waals surface area contributed by atoms with Crippen molar-refractivity contribution in [3.05, 3.63) is 0 Å². The molecule has 1 heterocycles. The smallest absolute Gasteiger partial charge is 0.185 e. The lowest BCUT2D eigenvalue weighted by Crippen LogP contribution is -2.40. The second-order valence-electron chi connectivity index (χ2n) is 2.70. The van der Waals surface area contributed by atoms with Gasteiger partial charge < -0.3 is 24.4 Å². The van der Waals surface area contributed by atoms with Gasteiger partial charge in [0.25, 0.3) is 0 Å². The number of hydrogen-bond acceptors (Lipinski definition) is 5. The van der Waals surface area contributed by atoms with Gasteiger partial charge in [-0.2, -0.15) is 0 Å². The predicted octanol–water partition coefficient (Wildman–Crippen LogP) is -1.27. The van der Waals surface area contributed by atoms with Gasteiger partial charge in [-0.1, -0.05) is 0 Å². The monoisotopic (exact) mass is 178 g/mol. The van der Waals surface area contributed by atoms with Crippen LogP contribution in [0.15, 0.2) is 0 Å². The molecular weight excluding hydrogens is 164 g/mol. The normalized spacial score (nSPS) is 36.2. The fourth-order valence-electron chi connectivity index (χ4n) is 1.23. The highest BCUT2D eigenvalue weighted by atomic mass is 16.7. The number of ether oxygens (including phenoxy) is 3. The molecule has 2 N–H and O–H groups in total. The molecule has 0 aromatic carbocycles. The third kappa shape index (κ3) is 1.75. The molecule has 5 nitrogen and oxygen atoms in total. The van der Waals surface area contributed by atoms with Crippen LogP contribution in [0.1, 0.15) is 0 Å². The molecule has 1 aliphatic heterocycles. The van der Waals surface area contributed by atoms with Crippen LogP contribution in [-0.2, 0) is 14.2 Å². The lowest BCUT2D eigenvalue weighted by Gasteiger charge is -2.22. The van der Waals surface area contributed by atoms with Crippen LogP contribution in [0.25, 0.3) is 0 Å². The van der Waals surface area contributed by atoms with Gasteiger partial charge in [-0.05, 0) is 0 Å². The first-order chi connectivity index (χ1) is 5.70. The molecule has 0 radical (unpaired) electrons. The number of aliphatic hydroxyl groups excluding tert-OH is 2. The van der Waals surface area contributed by atoms with Crippen LogP contribution >= 0.6 is 0 Å². The lowest BCUT2D eigenvalue weighted by atomic mass is 10.1. The van der Waals surface area contributed by atoms with E-state index in [-0.39, 0.29) is 6.61 Å². The van der Waals surface area contributed by atoms with E-state index in [1.165, 1.54) is 14.2 Å². The first-order valence-electron chi connectivity index (χ1n) is 3.74. The maximum Gasteiger partial charge on any atom is 0.185 e. The van der Waals surface area contributed by atoms with E-state index in [1.54, 1.807) is 0 Å². The van der Waals surface area contributed by atoms with Crippen LogP contribution in [0.4, 0.5) is 0 Å². The summed E-state index contributed by atoms with van der Waals surface area (Å²) in [4.78, 5) is 0. The van der Waals surface area contributed by atoms with Crippen LogP contribution in [0.5, 0.6) is 0 Å². The number of rotatable bonds is 3. The molecule has 0 aromatic rings.